The number of alkyl halides is 3. The molecule has 1 fully saturated rings. The van der Waals surface area contributed by atoms with E-state index in [0.29, 0.717) is 4.90 Å². The summed E-state index contributed by atoms with van der Waals surface area (Å²) in [6.45, 7) is -1.39. The average molecular weight is 330 g/mol. The van der Waals surface area contributed by atoms with Gasteiger partial charge in [0, 0.05) is 6.20 Å². The third kappa shape index (κ3) is 2.44. The SMILES string of the molecule is O=C1CC(=O)N([C@@H]2O[C@@](CO)(C(F)F)[C@H](F)[C@H]2O)C=C1Cl. The van der Waals surface area contributed by atoms with Crippen LogP contribution in [0.4, 0.5) is 13.2 Å². The molecule has 0 aromatic carbocycles. The number of halogens is 4. The summed E-state index contributed by atoms with van der Waals surface area (Å²) in [5.74, 6) is -1.58. The largest absolute Gasteiger partial charge is 0.393 e. The van der Waals surface area contributed by atoms with Crippen LogP contribution in [0.25, 0.3) is 0 Å². The van der Waals surface area contributed by atoms with Crippen molar-refractivity contribution in [3.63, 3.8) is 0 Å². The Bertz CT molecular complexity index is 502. The number of Topliss-reactive ketones (excluding diaryl/α,β-unsaturated/α-hetero) is 1. The van der Waals surface area contributed by atoms with Crippen molar-refractivity contribution in [2.75, 3.05) is 6.61 Å². The second kappa shape index (κ2) is 5.56. The average Bonchev–Trinajstić information content (AvgIpc) is 2.68. The Balaban J connectivity index is 2.34. The summed E-state index contributed by atoms with van der Waals surface area (Å²) in [5, 5.41) is 18.3. The summed E-state index contributed by atoms with van der Waals surface area (Å²) < 4.78 is 44.6. The molecule has 21 heavy (non-hydrogen) atoms. The molecule has 4 atom stereocenters. The molecule has 1 amide bonds. The molecule has 0 saturated carbocycles. The number of carbonyl (C=O) groups is 2. The van der Waals surface area contributed by atoms with Gasteiger partial charge in [-0.2, -0.15) is 0 Å². The first-order chi connectivity index (χ1) is 9.74. The number of aliphatic hydroxyl groups excluding tert-OH is 2. The molecule has 6 nitrogen and oxygen atoms in total. The molecule has 0 unspecified atom stereocenters. The van der Waals surface area contributed by atoms with Crippen molar-refractivity contribution < 1.29 is 37.7 Å². The second-order valence-corrected chi connectivity index (χ2v) is 5.10. The van der Waals surface area contributed by atoms with Crippen LogP contribution in [0.3, 0.4) is 0 Å². The van der Waals surface area contributed by atoms with Crippen molar-refractivity contribution in [2.24, 2.45) is 0 Å². The summed E-state index contributed by atoms with van der Waals surface area (Å²) in [7, 11) is 0. The minimum absolute atomic E-state index is 0.376. The smallest absolute Gasteiger partial charge is 0.272 e. The van der Waals surface area contributed by atoms with Crippen molar-refractivity contribution in [3.8, 4) is 0 Å². The van der Waals surface area contributed by atoms with E-state index in [1.807, 2.05) is 0 Å². The zero-order chi connectivity index (χ0) is 15.9. The Labute approximate surface area is 121 Å². The minimum atomic E-state index is -3.43. The van der Waals surface area contributed by atoms with Gasteiger partial charge >= 0.3 is 0 Å². The topological polar surface area (TPSA) is 87.1 Å². The zero-order valence-electron chi connectivity index (χ0n) is 10.4. The lowest BCUT2D eigenvalue weighted by Gasteiger charge is -2.31. The van der Waals surface area contributed by atoms with Gasteiger partial charge in [-0.05, 0) is 0 Å². The normalized spacial score (nSPS) is 37.4. The Morgan fingerprint density at radius 2 is 2.14 bits per heavy atom. The number of amides is 1. The Morgan fingerprint density at radius 1 is 1.52 bits per heavy atom. The molecule has 10 heteroatoms. The van der Waals surface area contributed by atoms with Gasteiger partial charge in [-0.1, -0.05) is 11.6 Å². The maximum atomic E-state index is 13.9. The van der Waals surface area contributed by atoms with Gasteiger partial charge in [0.05, 0.1) is 13.0 Å². The van der Waals surface area contributed by atoms with E-state index in [0.717, 1.165) is 6.20 Å². The fourth-order valence-corrected chi connectivity index (χ4v) is 2.35. The molecule has 0 aromatic rings. The highest BCUT2D eigenvalue weighted by Crippen LogP contribution is 2.40. The maximum Gasteiger partial charge on any atom is 0.272 e. The molecule has 2 heterocycles. The number of hydrogen-bond donors (Lipinski definition) is 2. The molecular formula is C11H11ClF3NO5. The van der Waals surface area contributed by atoms with Crippen molar-refractivity contribution >= 4 is 23.3 Å². The Morgan fingerprint density at radius 3 is 2.62 bits per heavy atom. The standard InChI is InChI=1S/C11H11ClF3NO5/c12-4-2-16(6(19)1-5(4)18)9-7(20)8(13)11(3-17,21-9)10(14)15/h2,7-10,17,20H,1,3H2/t7-,8-,9-,11-/m1/s1. The first-order valence-corrected chi connectivity index (χ1v) is 6.23. The maximum absolute atomic E-state index is 13.9. The number of ketones is 1. The summed E-state index contributed by atoms with van der Waals surface area (Å²) in [4.78, 5) is 23.5. The van der Waals surface area contributed by atoms with Gasteiger partial charge in [-0.15, -0.1) is 0 Å². The first kappa shape index (κ1) is 16.2. The molecule has 118 valence electrons. The van der Waals surface area contributed by atoms with Crippen molar-refractivity contribution in [2.45, 2.75) is 37.0 Å². The van der Waals surface area contributed by atoms with Gasteiger partial charge in [0.15, 0.2) is 23.8 Å². The predicted molar refractivity (Wildman–Crippen MR) is 62.0 cm³/mol. The monoisotopic (exact) mass is 329 g/mol. The lowest BCUT2D eigenvalue weighted by Crippen LogP contribution is -2.50. The molecule has 2 N–H and O–H groups in total. The number of allylic oxidation sites excluding steroid dienone is 1. The minimum Gasteiger partial charge on any atom is -0.393 e. The Hall–Kier alpha value is -1.16. The van der Waals surface area contributed by atoms with Gasteiger partial charge in [0.2, 0.25) is 5.91 Å². The van der Waals surface area contributed by atoms with Crippen LogP contribution in [0.15, 0.2) is 11.2 Å². The van der Waals surface area contributed by atoms with Crippen LogP contribution in [0.2, 0.25) is 0 Å². The van der Waals surface area contributed by atoms with E-state index in [9.17, 15) is 27.9 Å². The van der Waals surface area contributed by atoms with E-state index >= 15 is 0 Å². The molecule has 1 saturated heterocycles. The van der Waals surface area contributed by atoms with E-state index in [4.69, 9.17) is 21.4 Å². The highest BCUT2D eigenvalue weighted by Gasteiger charge is 2.62. The second-order valence-electron chi connectivity index (χ2n) is 4.69. The van der Waals surface area contributed by atoms with E-state index in [-0.39, 0.29) is 5.03 Å². The molecule has 0 spiro atoms. The summed E-state index contributed by atoms with van der Waals surface area (Å²) in [6, 6.07) is 0. The third-order valence-electron chi connectivity index (χ3n) is 3.41. The molecule has 0 aromatic heterocycles. The lowest BCUT2D eigenvalue weighted by molar-refractivity contribution is -0.195. The van der Waals surface area contributed by atoms with Crippen LogP contribution in [0.5, 0.6) is 0 Å². The molecule has 0 radical (unpaired) electrons. The molecule has 0 bridgehead atoms. The van der Waals surface area contributed by atoms with Gasteiger partial charge < -0.3 is 14.9 Å². The number of aliphatic hydroxyl groups is 2. The van der Waals surface area contributed by atoms with Crippen LogP contribution in [0.1, 0.15) is 6.42 Å². The number of ether oxygens (including phenoxy) is 1. The molecular weight excluding hydrogens is 319 g/mol. The third-order valence-corrected chi connectivity index (χ3v) is 3.72. The van der Waals surface area contributed by atoms with E-state index in [1.54, 1.807) is 0 Å². The lowest BCUT2D eigenvalue weighted by atomic mass is 9.98. The zero-order valence-corrected chi connectivity index (χ0v) is 11.1. The van der Waals surface area contributed by atoms with Crippen molar-refractivity contribution in [1.82, 2.24) is 4.90 Å². The van der Waals surface area contributed by atoms with Gasteiger partial charge in [-0.3, -0.25) is 14.5 Å². The van der Waals surface area contributed by atoms with Crippen LogP contribution >= 0.6 is 11.6 Å². The molecule has 2 aliphatic heterocycles. The fourth-order valence-electron chi connectivity index (χ4n) is 2.17. The van der Waals surface area contributed by atoms with Crippen LogP contribution in [-0.4, -0.2) is 63.9 Å². The number of nitrogens with zero attached hydrogens (tertiary/aromatic N) is 1. The molecule has 0 aliphatic carbocycles. The van der Waals surface area contributed by atoms with Crippen LogP contribution in [0, 0.1) is 0 Å². The van der Waals surface area contributed by atoms with Gasteiger partial charge in [0.1, 0.15) is 11.1 Å². The molecule has 2 aliphatic rings. The van der Waals surface area contributed by atoms with Crippen molar-refractivity contribution in [3.05, 3.63) is 11.2 Å². The summed E-state index contributed by atoms with van der Waals surface area (Å²) in [6.07, 6.45) is -9.85. The quantitative estimate of drug-likeness (QED) is 0.707. The number of carbonyl (C=O) groups excluding carboxylic acids is 2. The fraction of sp³-hybridized carbons (Fsp3) is 0.636. The predicted octanol–water partition coefficient (Wildman–Crippen LogP) is -0.0805. The summed E-state index contributed by atoms with van der Waals surface area (Å²) >= 11 is 5.55. The van der Waals surface area contributed by atoms with Crippen LogP contribution in [-0.2, 0) is 14.3 Å². The van der Waals surface area contributed by atoms with E-state index in [2.05, 4.69) is 0 Å². The Kier molecular flexibility index (Phi) is 4.29. The number of hydrogen-bond acceptors (Lipinski definition) is 5. The van der Waals surface area contributed by atoms with Gasteiger partial charge in [0.25, 0.3) is 6.43 Å². The van der Waals surface area contributed by atoms with Gasteiger partial charge in [-0.25, -0.2) is 13.2 Å². The molecule has 2 rings (SSSR count). The highest BCUT2D eigenvalue weighted by atomic mass is 35.5. The van der Waals surface area contributed by atoms with Crippen molar-refractivity contribution in [1.29, 1.82) is 0 Å². The van der Waals surface area contributed by atoms with Crippen LogP contribution < -0.4 is 0 Å². The summed E-state index contributed by atoms with van der Waals surface area (Å²) in [5.41, 5.74) is -2.94. The highest BCUT2D eigenvalue weighted by molar-refractivity contribution is 6.44. The van der Waals surface area contributed by atoms with E-state index < -0.39 is 55.2 Å². The van der Waals surface area contributed by atoms with E-state index in [1.165, 1.54) is 0 Å². The first-order valence-electron chi connectivity index (χ1n) is 5.85. The number of rotatable bonds is 3.